The van der Waals surface area contributed by atoms with Gasteiger partial charge in [-0.2, -0.15) is 5.10 Å². The highest BCUT2D eigenvalue weighted by Crippen LogP contribution is 2.30. The number of nitrogens with zero attached hydrogens (tertiary/aromatic N) is 3. The molecule has 29 heavy (non-hydrogen) atoms. The summed E-state index contributed by atoms with van der Waals surface area (Å²) >= 11 is 0. The second-order valence-electron chi connectivity index (χ2n) is 8.10. The van der Waals surface area contributed by atoms with Crippen molar-refractivity contribution in [3.8, 4) is 0 Å². The van der Waals surface area contributed by atoms with E-state index >= 15 is 0 Å². The van der Waals surface area contributed by atoms with Gasteiger partial charge in [-0.15, -0.1) is 0 Å². The van der Waals surface area contributed by atoms with Crippen molar-refractivity contribution >= 4 is 11.8 Å². The van der Waals surface area contributed by atoms with Crippen LogP contribution < -0.4 is 0 Å². The average molecular weight is 396 g/mol. The highest BCUT2D eigenvalue weighted by atomic mass is 16.5. The number of morpholine rings is 1. The summed E-state index contributed by atoms with van der Waals surface area (Å²) in [5.74, 6) is 0.284. The number of rotatable bonds is 3. The first-order valence-corrected chi connectivity index (χ1v) is 10.3. The maximum atomic E-state index is 13.1. The van der Waals surface area contributed by atoms with Gasteiger partial charge in [0, 0.05) is 37.7 Å². The van der Waals surface area contributed by atoms with Gasteiger partial charge in [0.05, 0.1) is 29.7 Å². The van der Waals surface area contributed by atoms with E-state index in [1.165, 1.54) is 0 Å². The van der Waals surface area contributed by atoms with E-state index in [9.17, 15) is 9.59 Å². The molecule has 2 amide bonds. The molecule has 2 aliphatic rings. The van der Waals surface area contributed by atoms with E-state index in [0.29, 0.717) is 31.7 Å². The summed E-state index contributed by atoms with van der Waals surface area (Å²) in [7, 11) is 0. The van der Waals surface area contributed by atoms with Crippen LogP contribution in [-0.4, -0.2) is 70.2 Å². The first kappa shape index (κ1) is 19.6. The molecule has 1 N–H and O–H groups in total. The number of carbonyl (C=O) groups is 2. The van der Waals surface area contributed by atoms with Gasteiger partial charge in [-0.3, -0.25) is 14.7 Å². The molecule has 3 heterocycles. The van der Waals surface area contributed by atoms with Gasteiger partial charge in [0.15, 0.2) is 0 Å². The number of piperidine rings is 1. The van der Waals surface area contributed by atoms with Gasteiger partial charge in [-0.05, 0) is 38.8 Å². The van der Waals surface area contributed by atoms with Gasteiger partial charge in [0.25, 0.3) is 11.8 Å². The van der Waals surface area contributed by atoms with Crippen molar-refractivity contribution in [2.45, 2.75) is 44.8 Å². The number of H-pyrrole nitrogens is 1. The number of aromatic amines is 1. The van der Waals surface area contributed by atoms with E-state index in [2.05, 4.69) is 10.2 Å². The van der Waals surface area contributed by atoms with Gasteiger partial charge in [0.2, 0.25) is 0 Å². The standard InChI is InChI=1S/C22H28N4O3/c1-15-13-26(14-16(2)29-15)22(28)19-12-23-24-20(19)17-8-10-25(11-9-17)21(27)18-6-4-3-5-7-18/h3-7,12,15-17H,8-11,13-14H2,1-2H3,(H,23,24)/t15-,16+. The van der Waals surface area contributed by atoms with Crippen LogP contribution in [0.2, 0.25) is 0 Å². The summed E-state index contributed by atoms with van der Waals surface area (Å²) in [6.07, 6.45) is 3.34. The molecule has 0 bridgehead atoms. The summed E-state index contributed by atoms with van der Waals surface area (Å²) < 4.78 is 5.75. The summed E-state index contributed by atoms with van der Waals surface area (Å²) in [5.41, 5.74) is 2.27. The zero-order chi connectivity index (χ0) is 20.4. The van der Waals surface area contributed by atoms with Gasteiger partial charge in [-0.1, -0.05) is 18.2 Å². The first-order chi connectivity index (χ1) is 14.0. The Morgan fingerprint density at radius 1 is 1.00 bits per heavy atom. The average Bonchev–Trinajstić information content (AvgIpc) is 3.22. The molecule has 2 aliphatic heterocycles. The normalized spacial score (nSPS) is 23.2. The van der Waals surface area contributed by atoms with E-state index in [1.807, 2.05) is 54.0 Å². The highest BCUT2D eigenvalue weighted by Gasteiger charge is 2.32. The fraction of sp³-hybridized carbons (Fsp3) is 0.500. The topological polar surface area (TPSA) is 78.5 Å². The Morgan fingerprint density at radius 2 is 1.66 bits per heavy atom. The lowest BCUT2D eigenvalue weighted by atomic mass is 9.90. The Balaban J connectivity index is 1.42. The highest BCUT2D eigenvalue weighted by molar-refractivity contribution is 5.95. The number of amides is 2. The van der Waals surface area contributed by atoms with Crippen molar-refractivity contribution in [2.75, 3.05) is 26.2 Å². The van der Waals surface area contributed by atoms with E-state index < -0.39 is 0 Å². The van der Waals surface area contributed by atoms with Crippen molar-refractivity contribution in [1.82, 2.24) is 20.0 Å². The van der Waals surface area contributed by atoms with Crippen molar-refractivity contribution in [1.29, 1.82) is 0 Å². The molecule has 2 atom stereocenters. The zero-order valence-corrected chi connectivity index (χ0v) is 17.0. The van der Waals surface area contributed by atoms with Crippen LogP contribution in [0.25, 0.3) is 0 Å². The van der Waals surface area contributed by atoms with Crippen LogP contribution in [0.4, 0.5) is 0 Å². The lowest BCUT2D eigenvalue weighted by Gasteiger charge is -2.36. The van der Waals surface area contributed by atoms with Gasteiger partial charge >= 0.3 is 0 Å². The zero-order valence-electron chi connectivity index (χ0n) is 17.0. The molecule has 2 aromatic rings. The molecule has 7 heteroatoms. The van der Waals surface area contributed by atoms with Crippen LogP contribution in [0.1, 0.15) is 59.0 Å². The molecule has 0 spiro atoms. The fourth-order valence-electron chi connectivity index (χ4n) is 4.43. The number of hydrogen-bond donors (Lipinski definition) is 1. The molecule has 154 valence electrons. The Morgan fingerprint density at radius 3 is 2.31 bits per heavy atom. The number of nitrogens with one attached hydrogen (secondary N) is 1. The number of ether oxygens (including phenoxy) is 1. The molecule has 4 rings (SSSR count). The molecule has 1 aromatic heterocycles. The fourth-order valence-corrected chi connectivity index (χ4v) is 4.43. The number of hydrogen-bond acceptors (Lipinski definition) is 4. The quantitative estimate of drug-likeness (QED) is 0.865. The minimum Gasteiger partial charge on any atom is -0.372 e. The smallest absolute Gasteiger partial charge is 0.257 e. The Labute approximate surface area is 171 Å². The molecular weight excluding hydrogens is 368 g/mol. The Hall–Kier alpha value is -2.67. The first-order valence-electron chi connectivity index (χ1n) is 10.3. The summed E-state index contributed by atoms with van der Waals surface area (Å²) in [5, 5.41) is 7.23. The van der Waals surface area contributed by atoms with Crippen molar-refractivity contribution in [2.24, 2.45) is 0 Å². The van der Waals surface area contributed by atoms with E-state index in [0.717, 1.165) is 24.1 Å². The van der Waals surface area contributed by atoms with Crippen LogP contribution in [0.3, 0.4) is 0 Å². The van der Waals surface area contributed by atoms with E-state index in [4.69, 9.17) is 4.74 Å². The molecule has 1 aromatic carbocycles. The monoisotopic (exact) mass is 396 g/mol. The minimum atomic E-state index is 0.0125. The minimum absolute atomic E-state index is 0.0125. The van der Waals surface area contributed by atoms with Crippen molar-refractivity contribution in [3.63, 3.8) is 0 Å². The lowest BCUT2D eigenvalue weighted by Crippen LogP contribution is -2.48. The second-order valence-corrected chi connectivity index (χ2v) is 8.10. The summed E-state index contributed by atoms with van der Waals surface area (Å²) in [4.78, 5) is 29.5. The molecule has 0 aliphatic carbocycles. The van der Waals surface area contributed by atoms with Crippen LogP contribution in [0.5, 0.6) is 0 Å². The third-order valence-corrected chi connectivity index (χ3v) is 5.82. The molecule has 0 unspecified atom stereocenters. The maximum Gasteiger partial charge on any atom is 0.257 e. The van der Waals surface area contributed by atoms with Crippen LogP contribution >= 0.6 is 0 Å². The maximum absolute atomic E-state index is 13.1. The molecule has 0 saturated carbocycles. The van der Waals surface area contributed by atoms with Crippen LogP contribution in [0.15, 0.2) is 36.5 Å². The molecule has 2 saturated heterocycles. The summed E-state index contributed by atoms with van der Waals surface area (Å²) in [6, 6.07) is 9.39. The number of benzene rings is 1. The third-order valence-electron chi connectivity index (χ3n) is 5.82. The van der Waals surface area contributed by atoms with Crippen LogP contribution in [0, 0.1) is 0 Å². The Kier molecular flexibility index (Phi) is 5.67. The van der Waals surface area contributed by atoms with Crippen molar-refractivity contribution < 1.29 is 14.3 Å². The molecule has 7 nitrogen and oxygen atoms in total. The Bertz CT molecular complexity index is 848. The molecule has 2 fully saturated rings. The largest absolute Gasteiger partial charge is 0.372 e. The predicted octanol–water partition coefficient (Wildman–Crippen LogP) is 2.68. The van der Waals surface area contributed by atoms with E-state index in [1.54, 1.807) is 6.20 Å². The van der Waals surface area contributed by atoms with Gasteiger partial charge < -0.3 is 14.5 Å². The number of aromatic nitrogens is 2. The predicted molar refractivity (Wildman–Crippen MR) is 109 cm³/mol. The number of likely N-dealkylation sites (tertiary alicyclic amines) is 1. The van der Waals surface area contributed by atoms with Gasteiger partial charge in [0.1, 0.15) is 0 Å². The molecular formula is C22H28N4O3. The molecule has 0 radical (unpaired) electrons. The van der Waals surface area contributed by atoms with E-state index in [-0.39, 0.29) is 29.9 Å². The van der Waals surface area contributed by atoms with Crippen molar-refractivity contribution in [3.05, 3.63) is 53.3 Å². The SMILES string of the molecule is C[C@@H]1CN(C(=O)c2cn[nH]c2C2CCN(C(=O)c3ccccc3)CC2)C[C@H](C)O1. The van der Waals surface area contributed by atoms with Crippen LogP contribution in [-0.2, 0) is 4.74 Å². The van der Waals surface area contributed by atoms with Gasteiger partial charge in [-0.25, -0.2) is 0 Å². The number of carbonyl (C=O) groups excluding carboxylic acids is 2. The third kappa shape index (κ3) is 4.19. The second kappa shape index (κ2) is 8.37. The summed E-state index contributed by atoms with van der Waals surface area (Å²) in [6.45, 7) is 6.53. The lowest BCUT2D eigenvalue weighted by molar-refractivity contribution is -0.0586.